The molecule has 0 atom stereocenters. The second-order valence-electron chi connectivity index (χ2n) is 8.08. The molecular weight excluding hydrogens is 308 g/mol. The largest absolute Gasteiger partial charge is 0.481 e. The van der Waals surface area contributed by atoms with E-state index in [4.69, 9.17) is 8.85 Å². The lowest BCUT2D eigenvalue weighted by Crippen LogP contribution is -2.61. The molecule has 0 bridgehead atoms. The standard InChI is InChI=1S/C18H32O4Si/c1-12(2)15(19)21-23(17(7,8)9,18(10,11)14(5)6)22-16(20)13(3)4/h14H,1,3H2,2,4-11H3. The van der Waals surface area contributed by atoms with Gasteiger partial charge in [-0.2, -0.15) is 0 Å². The molecule has 0 saturated heterocycles. The zero-order valence-electron chi connectivity index (χ0n) is 16.1. The Kier molecular flexibility index (Phi) is 6.62. The number of hydrogen-bond acceptors (Lipinski definition) is 4. The van der Waals surface area contributed by atoms with E-state index in [0.717, 1.165) is 0 Å². The molecule has 0 heterocycles. The summed E-state index contributed by atoms with van der Waals surface area (Å²) in [6.45, 7) is 24.4. The zero-order chi connectivity index (χ0) is 18.8. The molecule has 0 aliphatic carbocycles. The van der Waals surface area contributed by atoms with E-state index in [9.17, 15) is 9.59 Å². The van der Waals surface area contributed by atoms with Gasteiger partial charge in [-0.25, -0.2) is 9.59 Å². The van der Waals surface area contributed by atoms with E-state index in [1.54, 1.807) is 13.8 Å². The van der Waals surface area contributed by atoms with E-state index >= 15 is 0 Å². The third kappa shape index (κ3) is 4.34. The molecule has 0 spiro atoms. The van der Waals surface area contributed by atoms with E-state index in [1.165, 1.54) is 0 Å². The Morgan fingerprint density at radius 1 is 0.870 bits per heavy atom. The Hall–Kier alpha value is -1.36. The van der Waals surface area contributed by atoms with E-state index < -0.39 is 30.6 Å². The van der Waals surface area contributed by atoms with Crippen LogP contribution in [0.2, 0.25) is 10.1 Å². The van der Waals surface area contributed by atoms with E-state index in [1.807, 2.05) is 48.5 Å². The van der Waals surface area contributed by atoms with Crippen LogP contribution in [0.3, 0.4) is 0 Å². The Bertz CT molecular complexity index is 482. The van der Waals surface area contributed by atoms with Gasteiger partial charge in [-0.15, -0.1) is 0 Å². The van der Waals surface area contributed by atoms with Crippen molar-refractivity contribution in [3.05, 3.63) is 24.3 Å². The summed E-state index contributed by atoms with van der Waals surface area (Å²) < 4.78 is 11.9. The molecule has 0 radical (unpaired) electrons. The lowest BCUT2D eigenvalue weighted by atomic mass is 9.99. The fourth-order valence-corrected chi connectivity index (χ4v) is 7.12. The molecule has 0 aliphatic heterocycles. The van der Waals surface area contributed by atoms with Crippen molar-refractivity contribution in [1.82, 2.24) is 0 Å². The molecule has 23 heavy (non-hydrogen) atoms. The predicted octanol–water partition coefficient (Wildman–Crippen LogP) is 4.90. The molecule has 0 N–H and O–H groups in total. The maximum atomic E-state index is 12.3. The molecule has 0 saturated carbocycles. The van der Waals surface area contributed by atoms with Crippen molar-refractivity contribution < 1.29 is 18.4 Å². The minimum atomic E-state index is -3.36. The Balaban J connectivity index is 6.37. The average molecular weight is 341 g/mol. The summed E-state index contributed by atoms with van der Waals surface area (Å²) in [5, 5.41) is -1.02. The van der Waals surface area contributed by atoms with Crippen LogP contribution in [0.15, 0.2) is 24.3 Å². The van der Waals surface area contributed by atoms with E-state index in [0.29, 0.717) is 0 Å². The first-order valence-electron chi connectivity index (χ1n) is 7.88. The number of carbonyl (C=O) groups excluding carboxylic acids is 2. The smallest absolute Gasteiger partial charge is 0.476 e. The first kappa shape index (κ1) is 21.6. The number of carbonyl (C=O) groups is 2. The summed E-state index contributed by atoms with van der Waals surface area (Å²) in [4.78, 5) is 24.6. The quantitative estimate of drug-likeness (QED) is 0.509. The second kappa shape index (κ2) is 7.03. The molecule has 0 aliphatic rings. The minimum Gasteiger partial charge on any atom is -0.481 e. The van der Waals surface area contributed by atoms with Crippen molar-refractivity contribution in [3.8, 4) is 0 Å². The van der Waals surface area contributed by atoms with Gasteiger partial charge in [-0.05, 0) is 19.8 Å². The highest BCUT2D eigenvalue weighted by Gasteiger charge is 2.66. The maximum absolute atomic E-state index is 12.3. The molecular formula is C18H32O4Si. The van der Waals surface area contributed by atoms with Crippen molar-refractivity contribution in [2.45, 2.75) is 72.4 Å². The average Bonchev–Trinajstić information content (AvgIpc) is 2.35. The highest BCUT2D eigenvalue weighted by molar-refractivity contribution is 6.76. The molecule has 0 amide bonds. The highest BCUT2D eigenvalue weighted by atomic mass is 28.4. The van der Waals surface area contributed by atoms with Crippen LogP contribution in [-0.2, 0) is 18.4 Å². The number of rotatable bonds is 6. The molecule has 0 fully saturated rings. The van der Waals surface area contributed by atoms with Gasteiger partial charge in [0.1, 0.15) is 0 Å². The van der Waals surface area contributed by atoms with Gasteiger partial charge in [-0.1, -0.05) is 61.6 Å². The lowest BCUT2D eigenvalue weighted by Gasteiger charge is -2.50. The minimum absolute atomic E-state index is 0.143. The summed E-state index contributed by atoms with van der Waals surface area (Å²) in [5.41, 5.74) is 0.578. The first-order chi connectivity index (χ1) is 10.1. The molecule has 5 heteroatoms. The summed E-state index contributed by atoms with van der Waals surface area (Å²) in [7, 11) is -3.36. The van der Waals surface area contributed by atoms with Crippen LogP contribution < -0.4 is 0 Å². The van der Waals surface area contributed by atoms with Crippen LogP contribution in [0.4, 0.5) is 0 Å². The Labute approximate surface area is 142 Å². The van der Waals surface area contributed by atoms with Gasteiger partial charge in [-0.3, -0.25) is 0 Å². The molecule has 0 aromatic rings. The third-order valence-electron chi connectivity index (χ3n) is 4.45. The van der Waals surface area contributed by atoms with Gasteiger partial charge in [0, 0.05) is 21.2 Å². The molecule has 0 rings (SSSR count). The molecule has 0 unspecified atom stereocenters. The van der Waals surface area contributed by atoms with Crippen LogP contribution in [0.5, 0.6) is 0 Å². The monoisotopic (exact) mass is 340 g/mol. The van der Waals surface area contributed by atoms with Crippen molar-refractivity contribution in [2.75, 3.05) is 0 Å². The Morgan fingerprint density at radius 2 is 1.17 bits per heavy atom. The Morgan fingerprint density at radius 3 is 1.35 bits per heavy atom. The van der Waals surface area contributed by atoms with Gasteiger partial charge >= 0.3 is 20.5 Å². The van der Waals surface area contributed by atoms with Gasteiger partial charge in [0.25, 0.3) is 0 Å². The van der Waals surface area contributed by atoms with Crippen LogP contribution >= 0.6 is 0 Å². The van der Waals surface area contributed by atoms with Gasteiger partial charge in [0.15, 0.2) is 0 Å². The normalized spacial score (nSPS) is 12.8. The fourth-order valence-electron chi connectivity index (χ4n) is 2.37. The molecule has 4 nitrogen and oxygen atoms in total. The van der Waals surface area contributed by atoms with E-state index in [-0.39, 0.29) is 17.1 Å². The predicted molar refractivity (Wildman–Crippen MR) is 96.2 cm³/mol. The SMILES string of the molecule is C=C(C)C(=O)O[Si](OC(=O)C(=C)C)(C(C)(C)C)C(C)(C)C(C)C. The number of hydrogen-bond donors (Lipinski definition) is 0. The third-order valence-corrected chi connectivity index (χ3v) is 9.64. The maximum Gasteiger partial charge on any atom is 0.476 e. The summed E-state index contributed by atoms with van der Waals surface area (Å²) in [6.07, 6.45) is 0. The fraction of sp³-hybridized carbons (Fsp3) is 0.667. The zero-order valence-corrected chi connectivity index (χ0v) is 17.1. The second-order valence-corrected chi connectivity index (χ2v) is 12.5. The van der Waals surface area contributed by atoms with Gasteiger partial charge in [0.05, 0.1) is 0 Å². The van der Waals surface area contributed by atoms with Crippen LogP contribution in [0, 0.1) is 5.92 Å². The van der Waals surface area contributed by atoms with Crippen LogP contribution in [0.25, 0.3) is 0 Å². The van der Waals surface area contributed by atoms with E-state index in [2.05, 4.69) is 13.2 Å². The van der Waals surface area contributed by atoms with Gasteiger partial charge < -0.3 is 8.85 Å². The first-order valence-corrected chi connectivity index (χ1v) is 9.69. The van der Waals surface area contributed by atoms with Crippen LogP contribution in [0.1, 0.15) is 62.3 Å². The highest BCUT2D eigenvalue weighted by Crippen LogP contribution is 2.56. The van der Waals surface area contributed by atoms with Crippen LogP contribution in [-0.4, -0.2) is 20.5 Å². The summed E-state index contributed by atoms with van der Waals surface area (Å²) in [6, 6.07) is 0. The van der Waals surface area contributed by atoms with Crippen molar-refractivity contribution >= 4 is 20.5 Å². The topological polar surface area (TPSA) is 52.6 Å². The summed E-state index contributed by atoms with van der Waals surface area (Å²) >= 11 is 0. The lowest BCUT2D eigenvalue weighted by molar-refractivity contribution is -0.139. The van der Waals surface area contributed by atoms with Gasteiger partial charge in [0.2, 0.25) is 0 Å². The molecule has 132 valence electrons. The van der Waals surface area contributed by atoms with Crippen molar-refractivity contribution in [3.63, 3.8) is 0 Å². The van der Waals surface area contributed by atoms with Crippen molar-refractivity contribution in [1.29, 1.82) is 0 Å². The van der Waals surface area contributed by atoms with Crippen molar-refractivity contribution in [2.24, 2.45) is 5.92 Å². The molecule has 0 aromatic heterocycles. The molecule has 0 aromatic carbocycles. The summed E-state index contributed by atoms with van der Waals surface area (Å²) in [5.74, 6) is -0.895.